The van der Waals surface area contributed by atoms with Gasteiger partial charge in [0.1, 0.15) is 24.0 Å². The van der Waals surface area contributed by atoms with Crippen LogP contribution in [-0.4, -0.2) is 10.9 Å². The largest absolute Gasteiger partial charge is 0.489 e. The minimum atomic E-state index is -0.447. The lowest BCUT2D eigenvalue weighted by Gasteiger charge is -2.07. The Morgan fingerprint density at radius 1 is 1.10 bits per heavy atom. The van der Waals surface area contributed by atoms with Gasteiger partial charge in [-0.25, -0.2) is 0 Å². The second kappa shape index (κ2) is 9.02. The summed E-state index contributed by atoms with van der Waals surface area (Å²) in [7, 11) is 0. The van der Waals surface area contributed by atoms with Crippen molar-refractivity contribution in [3.05, 3.63) is 101 Å². The molecular weight excluding hydrogens is 386 g/mol. The van der Waals surface area contributed by atoms with Gasteiger partial charge in [0.2, 0.25) is 0 Å². The normalized spacial score (nSPS) is 11.2. The zero-order valence-corrected chi connectivity index (χ0v) is 17.1. The Kier molecular flexibility index (Phi) is 5.82. The number of hydrogen-bond acceptors (Lipinski definition) is 3. The van der Waals surface area contributed by atoms with E-state index in [0.717, 1.165) is 27.6 Å². The number of anilines is 1. The molecule has 0 atom stereocenters. The van der Waals surface area contributed by atoms with Crippen LogP contribution in [0.25, 0.3) is 17.0 Å². The monoisotopic (exact) mass is 407 g/mol. The highest BCUT2D eigenvalue weighted by Crippen LogP contribution is 2.26. The number of carbonyl (C=O) groups is 1. The van der Waals surface area contributed by atoms with Crippen molar-refractivity contribution in [2.45, 2.75) is 13.5 Å². The average Bonchev–Trinajstić information content (AvgIpc) is 3.20. The van der Waals surface area contributed by atoms with E-state index < -0.39 is 5.91 Å². The Hall–Kier alpha value is -4.30. The fraction of sp³-hybridized carbons (Fsp3) is 0.0769. The summed E-state index contributed by atoms with van der Waals surface area (Å²) >= 11 is 0. The molecule has 3 aromatic carbocycles. The molecule has 1 aromatic heterocycles. The predicted octanol–water partition coefficient (Wildman–Crippen LogP) is 5.60. The number of aromatic nitrogens is 1. The molecule has 0 aliphatic rings. The first kappa shape index (κ1) is 20.0. The van der Waals surface area contributed by atoms with Crippen LogP contribution in [0.4, 0.5) is 5.69 Å². The molecule has 0 radical (unpaired) electrons. The molecule has 0 spiro atoms. The maximum Gasteiger partial charge on any atom is 0.266 e. The van der Waals surface area contributed by atoms with Gasteiger partial charge in [-0.2, -0.15) is 5.26 Å². The molecule has 0 aliphatic carbocycles. The van der Waals surface area contributed by atoms with Gasteiger partial charge in [0.15, 0.2) is 0 Å². The highest BCUT2D eigenvalue weighted by Gasteiger charge is 2.12. The number of nitriles is 1. The molecule has 0 bridgehead atoms. The topological polar surface area (TPSA) is 77.9 Å². The number of fused-ring (bicyclic) bond motifs is 1. The molecule has 1 heterocycles. The van der Waals surface area contributed by atoms with Crippen LogP contribution >= 0.6 is 0 Å². The van der Waals surface area contributed by atoms with E-state index in [0.29, 0.717) is 18.0 Å². The van der Waals surface area contributed by atoms with E-state index in [1.807, 2.05) is 85.8 Å². The number of rotatable bonds is 6. The Labute approximate surface area is 180 Å². The summed E-state index contributed by atoms with van der Waals surface area (Å²) in [5.74, 6) is 0.269. The van der Waals surface area contributed by atoms with Gasteiger partial charge in [-0.05, 0) is 48.9 Å². The van der Waals surface area contributed by atoms with E-state index in [9.17, 15) is 10.1 Å². The molecule has 0 aliphatic heterocycles. The fourth-order valence-electron chi connectivity index (χ4n) is 3.21. The van der Waals surface area contributed by atoms with E-state index in [1.54, 1.807) is 12.3 Å². The molecule has 0 saturated carbocycles. The molecule has 31 heavy (non-hydrogen) atoms. The summed E-state index contributed by atoms with van der Waals surface area (Å²) < 4.78 is 5.91. The Morgan fingerprint density at radius 3 is 2.61 bits per heavy atom. The first-order valence-corrected chi connectivity index (χ1v) is 9.90. The number of nitrogens with zero attached hydrogens (tertiary/aromatic N) is 1. The summed E-state index contributed by atoms with van der Waals surface area (Å²) in [5.41, 5.74) is 4.49. The number of H-pyrrole nitrogens is 1. The number of nitrogens with one attached hydrogen (secondary N) is 2. The van der Waals surface area contributed by atoms with Gasteiger partial charge in [-0.1, -0.05) is 48.0 Å². The third kappa shape index (κ3) is 4.82. The number of aryl methyl sites for hydroxylation is 1. The molecular formula is C26H21N3O2. The lowest BCUT2D eigenvalue weighted by molar-refractivity contribution is -0.112. The molecule has 2 N–H and O–H groups in total. The van der Waals surface area contributed by atoms with E-state index in [-0.39, 0.29) is 5.57 Å². The fourth-order valence-corrected chi connectivity index (χ4v) is 3.21. The van der Waals surface area contributed by atoms with Crippen molar-refractivity contribution in [2.75, 3.05) is 5.32 Å². The molecule has 0 saturated heterocycles. The summed E-state index contributed by atoms with van der Waals surface area (Å²) in [5, 5.41) is 13.2. The first-order valence-electron chi connectivity index (χ1n) is 9.90. The number of aromatic amines is 1. The van der Waals surface area contributed by atoms with Gasteiger partial charge >= 0.3 is 0 Å². The van der Waals surface area contributed by atoms with Crippen LogP contribution < -0.4 is 10.1 Å². The van der Waals surface area contributed by atoms with Crippen LogP contribution in [0.3, 0.4) is 0 Å². The van der Waals surface area contributed by atoms with Crippen molar-refractivity contribution in [2.24, 2.45) is 0 Å². The van der Waals surface area contributed by atoms with Crippen molar-refractivity contribution in [1.82, 2.24) is 4.98 Å². The van der Waals surface area contributed by atoms with Crippen LogP contribution in [0.15, 0.2) is 84.6 Å². The van der Waals surface area contributed by atoms with Crippen molar-refractivity contribution in [3.8, 4) is 11.8 Å². The second-order valence-electron chi connectivity index (χ2n) is 7.22. The maximum absolute atomic E-state index is 12.6. The molecule has 0 fully saturated rings. The molecule has 5 nitrogen and oxygen atoms in total. The quantitative estimate of drug-likeness (QED) is 0.322. The summed E-state index contributed by atoms with van der Waals surface area (Å²) in [6.07, 6.45) is 3.37. The summed E-state index contributed by atoms with van der Waals surface area (Å²) in [4.78, 5) is 15.8. The Morgan fingerprint density at radius 2 is 1.87 bits per heavy atom. The lowest BCUT2D eigenvalue weighted by atomic mass is 10.1. The van der Waals surface area contributed by atoms with Gasteiger partial charge in [-0.15, -0.1) is 0 Å². The maximum atomic E-state index is 12.6. The van der Waals surface area contributed by atoms with Crippen LogP contribution in [0.5, 0.6) is 5.75 Å². The number of benzene rings is 3. The SMILES string of the molecule is Cc1ccc(NC(=O)/C(C#N)=C/c2c[nH]c3ccc(OCc4ccccc4)cc23)cc1. The van der Waals surface area contributed by atoms with E-state index in [4.69, 9.17) is 4.74 Å². The van der Waals surface area contributed by atoms with Crippen molar-refractivity contribution >= 4 is 28.6 Å². The van der Waals surface area contributed by atoms with Crippen LogP contribution in [0, 0.1) is 18.3 Å². The van der Waals surface area contributed by atoms with Crippen LogP contribution in [-0.2, 0) is 11.4 Å². The van der Waals surface area contributed by atoms with Gasteiger partial charge in [0.05, 0.1) is 0 Å². The van der Waals surface area contributed by atoms with Gasteiger partial charge < -0.3 is 15.0 Å². The van der Waals surface area contributed by atoms with Crippen LogP contribution in [0.2, 0.25) is 0 Å². The average molecular weight is 407 g/mol. The van der Waals surface area contributed by atoms with E-state index in [2.05, 4.69) is 10.3 Å². The van der Waals surface area contributed by atoms with Crippen molar-refractivity contribution in [3.63, 3.8) is 0 Å². The number of carbonyl (C=O) groups excluding carboxylic acids is 1. The molecule has 4 aromatic rings. The Bertz CT molecular complexity index is 1280. The molecule has 5 heteroatoms. The number of amides is 1. The van der Waals surface area contributed by atoms with Gasteiger partial charge in [-0.3, -0.25) is 4.79 Å². The minimum absolute atomic E-state index is 0.0251. The highest BCUT2D eigenvalue weighted by molar-refractivity contribution is 6.10. The van der Waals surface area contributed by atoms with Gasteiger partial charge in [0, 0.05) is 28.4 Å². The number of ether oxygens (including phenoxy) is 1. The first-order chi connectivity index (χ1) is 15.1. The van der Waals surface area contributed by atoms with E-state index in [1.165, 1.54) is 0 Å². The zero-order valence-electron chi connectivity index (χ0n) is 17.1. The zero-order chi connectivity index (χ0) is 21.6. The molecule has 1 amide bonds. The molecule has 0 unspecified atom stereocenters. The Balaban J connectivity index is 1.55. The minimum Gasteiger partial charge on any atom is -0.489 e. The predicted molar refractivity (Wildman–Crippen MR) is 122 cm³/mol. The second-order valence-corrected chi connectivity index (χ2v) is 7.22. The molecule has 4 rings (SSSR count). The van der Waals surface area contributed by atoms with Crippen molar-refractivity contribution < 1.29 is 9.53 Å². The van der Waals surface area contributed by atoms with Crippen LogP contribution in [0.1, 0.15) is 16.7 Å². The molecule has 152 valence electrons. The highest BCUT2D eigenvalue weighted by atomic mass is 16.5. The number of hydrogen-bond donors (Lipinski definition) is 2. The summed E-state index contributed by atoms with van der Waals surface area (Å²) in [6.45, 7) is 2.44. The smallest absolute Gasteiger partial charge is 0.266 e. The standard InChI is InChI=1S/C26H21N3O2/c1-18-7-9-22(10-8-18)29-26(30)20(15-27)13-21-16-28-25-12-11-23(14-24(21)25)31-17-19-5-3-2-4-6-19/h2-14,16,28H,17H2,1H3,(H,29,30)/b20-13+. The van der Waals surface area contributed by atoms with Gasteiger partial charge in [0.25, 0.3) is 5.91 Å². The third-order valence-corrected chi connectivity index (χ3v) is 4.91. The third-order valence-electron chi connectivity index (χ3n) is 4.91. The van der Waals surface area contributed by atoms with E-state index >= 15 is 0 Å². The summed E-state index contributed by atoms with van der Waals surface area (Å²) in [6, 6.07) is 25.1. The van der Waals surface area contributed by atoms with Crippen molar-refractivity contribution in [1.29, 1.82) is 5.26 Å². The lowest BCUT2D eigenvalue weighted by Crippen LogP contribution is -2.13.